The van der Waals surface area contributed by atoms with Crippen LogP contribution in [0.5, 0.6) is 0 Å². The van der Waals surface area contributed by atoms with Gasteiger partial charge in [-0.3, -0.25) is 4.79 Å². The molecule has 4 rings (SSSR count). The molecule has 2 aromatic carbocycles. The van der Waals surface area contributed by atoms with Crippen molar-refractivity contribution in [3.05, 3.63) is 65.5 Å². The van der Waals surface area contributed by atoms with E-state index < -0.39 is 5.97 Å². The predicted molar refractivity (Wildman–Crippen MR) is 132 cm³/mol. The summed E-state index contributed by atoms with van der Waals surface area (Å²) in [5.74, 6) is -0.644. The van der Waals surface area contributed by atoms with Crippen molar-refractivity contribution in [3.63, 3.8) is 0 Å². The normalized spacial score (nSPS) is 15.4. The van der Waals surface area contributed by atoms with Crippen LogP contribution in [0.1, 0.15) is 30.1 Å². The van der Waals surface area contributed by atoms with Gasteiger partial charge >= 0.3 is 5.97 Å². The molecule has 1 aliphatic heterocycles. The zero-order chi connectivity index (χ0) is 23.0. The number of carbonyl (C=O) groups is 2. The quantitative estimate of drug-likeness (QED) is 0.438. The van der Waals surface area contributed by atoms with Crippen LogP contribution in [0.3, 0.4) is 0 Å². The fourth-order valence-electron chi connectivity index (χ4n) is 3.86. The Morgan fingerprint density at radius 1 is 1.06 bits per heavy atom. The lowest BCUT2D eigenvalue weighted by Gasteiger charge is -2.11. The molecule has 2 N–H and O–H groups in total. The number of nitrogens with one attached hydrogen (secondary N) is 2. The van der Waals surface area contributed by atoms with Crippen molar-refractivity contribution in [2.75, 3.05) is 31.6 Å². The molecule has 1 fully saturated rings. The molecule has 7 heteroatoms. The zero-order valence-corrected chi connectivity index (χ0v) is 19.5. The third kappa shape index (κ3) is 5.87. The first-order valence-corrected chi connectivity index (χ1v) is 12.1. The molecule has 2 heterocycles. The molecule has 0 aliphatic carbocycles. The molecule has 1 saturated heterocycles. The van der Waals surface area contributed by atoms with Gasteiger partial charge in [0.15, 0.2) is 0 Å². The van der Waals surface area contributed by atoms with Crippen LogP contribution in [0.25, 0.3) is 22.3 Å². The van der Waals surface area contributed by atoms with Crippen LogP contribution in [0.15, 0.2) is 60.0 Å². The Bertz CT molecular complexity index is 1070. The first-order valence-electron chi connectivity index (χ1n) is 11.2. The third-order valence-corrected chi connectivity index (χ3v) is 6.40. The highest BCUT2D eigenvalue weighted by Gasteiger charge is 2.23. The van der Waals surface area contributed by atoms with E-state index in [0.29, 0.717) is 17.1 Å². The summed E-state index contributed by atoms with van der Waals surface area (Å²) >= 11 is 1.33. The third-order valence-electron chi connectivity index (χ3n) is 5.51. The molecule has 33 heavy (non-hydrogen) atoms. The van der Waals surface area contributed by atoms with Crippen LogP contribution < -0.4 is 10.6 Å². The van der Waals surface area contributed by atoms with Crippen LogP contribution in [-0.4, -0.2) is 44.3 Å². The van der Waals surface area contributed by atoms with E-state index in [-0.39, 0.29) is 25.2 Å². The number of rotatable bonds is 9. The fourth-order valence-corrected chi connectivity index (χ4v) is 4.84. The molecule has 0 spiro atoms. The molecule has 1 aromatic heterocycles. The molecule has 0 bridgehead atoms. The second-order valence-electron chi connectivity index (χ2n) is 7.83. The lowest BCUT2D eigenvalue weighted by atomic mass is 9.99. The Hall–Kier alpha value is -3.00. The molecule has 0 unspecified atom stereocenters. The van der Waals surface area contributed by atoms with E-state index in [1.165, 1.54) is 11.3 Å². The van der Waals surface area contributed by atoms with Gasteiger partial charge in [-0.05, 0) is 36.5 Å². The lowest BCUT2D eigenvalue weighted by molar-refractivity contribution is -0.115. The van der Waals surface area contributed by atoms with Gasteiger partial charge in [0, 0.05) is 24.1 Å². The van der Waals surface area contributed by atoms with Crippen molar-refractivity contribution in [1.29, 1.82) is 0 Å². The van der Waals surface area contributed by atoms with Gasteiger partial charge in [0.05, 0.1) is 19.3 Å². The summed E-state index contributed by atoms with van der Waals surface area (Å²) in [5.41, 5.74) is 4.26. The molecule has 3 aromatic rings. The van der Waals surface area contributed by atoms with Gasteiger partial charge in [-0.15, -0.1) is 11.3 Å². The van der Waals surface area contributed by atoms with Crippen molar-refractivity contribution in [2.45, 2.75) is 25.9 Å². The van der Waals surface area contributed by atoms with E-state index in [2.05, 4.69) is 22.8 Å². The van der Waals surface area contributed by atoms with Crippen LogP contribution in [-0.2, 0) is 14.3 Å². The first-order chi connectivity index (χ1) is 16.2. The van der Waals surface area contributed by atoms with E-state index in [0.717, 1.165) is 41.7 Å². The standard InChI is InChI=1S/C26H28N2O4S/c1-2-31-26(30)24-22(20-12-10-19(11-13-20)18-7-4-3-5-8-18)17-33-25(24)28-23(29)16-27-15-21-9-6-14-32-21/h3-5,7-8,10-13,17,21,27H,2,6,9,14-16H2,1H3,(H,28,29)/t21-/m0/s1. The van der Waals surface area contributed by atoms with Crippen molar-refractivity contribution >= 4 is 28.2 Å². The molecule has 0 saturated carbocycles. The zero-order valence-electron chi connectivity index (χ0n) is 18.6. The van der Waals surface area contributed by atoms with Crippen molar-refractivity contribution in [1.82, 2.24) is 5.32 Å². The summed E-state index contributed by atoms with van der Waals surface area (Å²) in [6, 6.07) is 18.2. The number of carbonyl (C=O) groups excluding carboxylic acids is 2. The fraction of sp³-hybridized carbons (Fsp3) is 0.308. The number of anilines is 1. The molecular formula is C26H28N2O4S. The first kappa shape index (κ1) is 23.2. The summed E-state index contributed by atoms with van der Waals surface area (Å²) in [4.78, 5) is 25.3. The van der Waals surface area contributed by atoms with E-state index in [4.69, 9.17) is 9.47 Å². The topological polar surface area (TPSA) is 76.7 Å². The molecule has 1 aliphatic rings. The Morgan fingerprint density at radius 2 is 1.79 bits per heavy atom. The second kappa shape index (κ2) is 11.2. The van der Waals surface area contributed by atoms with Crippen molar-refractivity contribution in [2.24, 2.45) is 0 Å². The largest absolute Gasteiger partial charge is 0.462 e. The van der Waals surface area contributed by atoms with E-state index in [1.54, 1.807) is 6.92 Å². The second-order valence-corrected chi connectivity index (χ2v) is 8.71. The Balaban J connectivity index is 1.50. The van der Waals surface area contributed by atoms with Crippen LogP contribution in [0, 0.1) is 0 Å². The van der Waals surface area contributed by atoms with Gasteiger partial charge in [0.1, 0.15) is 10.6 Å². The maximum Gasteiger partial charge on any atom is 0.341 e. The number of benzene rings is 2. The number of hydrogen-bond acceptors (Lipinski definition) is 6. The molecule has 172 valence electrons. The monoisotopic (exact) mass is 464 g/mol. The highest BCUT2D eigenvalue weighted by Crippen LogP contribution is 2.37. The van der Waals surface area contributed by atoms with Gasteiger partial charge < -0.3 is 20.1 Å². The van der Waals surface area contributed by atoms with Gasteiger partial charge in [-0.25, -0.2) is 4.79 Å². The minimum atomic E-state index is -0.441. The highest BCUT2D eigenvalue weighted by atomic mass is 32.1. The summed E-state index contributed by atoms with van der Waals surface area (Å²) < 4.78 is 10.9. The minimum absolute atomic E-state index is 0.154. The Morgan fingerprint density at radius 3 is 2.48 bits per heavy atom. The summed E-state index contributed by atoms with van der Waals surface area (Å²) in [6.07, 6.45) is 2.24. The average molecular weight is 465 g/mol. The predicted octanol–water partition coefficient (Wildman–Crippen LogP) is 4.97. The number of ether oxygens (including phenoxy) is 2. The SMILES string of the molecule is CCOC(=O)c1c(-c2ccc(-c3ccccc3)cc2)csc1NC(=O)CNC[C@@H]1CCCO1. The maximum atomic E-state index is 12.8. The Labute approximate surface area is 197 Å². The van der Waals surface area contributed by atoms with Crippen LogP contribution >= 0.6 is 11.3 Å². The lowest BCUT2D eigenvalue weighted by Crippen LogP contribution is -2.33. The number of esters is 1. The van der Waals surface area contributed by atoms with E-state index >= 15 is 0 Å². The highest BCUT2D eigenvalue weighted by molar-refractivity contribution is 7.15. The summed E-state index contributed by atoms with van der Waals surface area (Å²) in [7, 11) is 0. The van der Waals surface area contributed by atoms with E-state index in [9.17, 15) is 9.59 Å². The molecule has 1 atom stereocenters. The van der Waals surface area contributed by atoms with Crippen molar-refractivity contribution < 1.29 is 19.1 Å². The summed E-state index contributed by atoms with van der Waals surface area (Å²) in [6.45, 7) is 3.61. The van der Waals surface area contributed by atoms with Crippen LogP contribution in [0.2, 0.25) is 0 Å². The Kier molecular flexibility index (Phi) is 7.88. The van der Waals surface area contributed by atoms with Gasteiger partial charge in [0.25, 0.3) is 0 Å². The number of thiophene rings is 1. The molecule has 1 amide bonds. The number of hydrogen-bond donors (Lipinski definition) is 2. The van der Waals surface area contributed by atoms with E-state index in [1.807, 2.05) is 47.8 Å². The van der Waals surface area contributed by atoms with Gasteiger partial charge in [-0.1, -0.05) is 54.6 Å². The number of amides is 1. The summed E-state index contributed by atoms with van der Waals surface area (Å²) in [5, 5.41) is 8.40. The average Bonchev–Trinajstić information content (AvgIpc) is 3.50. The maximum absolute atomic E-state index is 12.8. The minimum Gasteiger partial charge on any atom is -0.462 e. The molecule has 0 radical (unpaired) electrons. The van der Waals surface area contributed by atoms with Crippen molar-refractivity contribution in [3.8, 4) is 22.3 Å². The smallest absolute Gasteiger partial charge is 0.341 e. The molecule has 6 nitrogen and oxygen atoms in total. The van der Waals surface area contributed by atoms with Gasteiger partial charge in [0.2, 0.25) is 5.91 Å². The molecular weight excluding hydrogens is 436 g/mol. The van der Waals surface area contributed by atoms with Gasteiger partial charge in [-0.2, -0.15) is 0 Å². The van der Waals surface area contributed by atoms with Crippen LogP contribution in [0.4, 0.5) is 5.00 Å².